The largest absolute Gasteiger partial charge is 0.497 e. The second-order valence-corrected chi connectivity index (χ2v) is 7.48. The zero-order valence-corrected chi connectivity index (χ0v) is 18.8. The normalized spacial score (nSPS) is 14.1. The molecule has 168 valence electrons. The van der Waals surface area contributed by atoms with E-state index < -0.39 is 5.97 Å². The first-order chi connectivity index (χ1) is 16.1. The van der Waals surface area contributed by atoms with Crippen molar-refractivity contribution in [3.63, 3.8) is 0 Å². The summed E-state index contributed by atoms with van der Waals surface area (Å²) < 4.78 is 22.3. The van der Waals surface area contributed by atoms with Gasteiger partial charge in [-0.15, -0.1) is 0 Å². The van der Waals surface area contributed by atoms with Gasteiger partial charge in [0, 0.05) is 5.56 Å². The summed E-state index contributed by atoms with van der Waals surface area (Å²) in [4.78, 5) is 16.7. The lowest BCUT2D eigenvalue weighted by atomic mass is 10.1. The van der Waals surface area contributed by atoms with E-state index in [1.54, 1.807) is 37.5 Å². The highest BCUT2D eigenvalue weighted by atomic mass is 16.6. The van der Waals surface area contributed by atoms with Crippen molar-refractivity contribution in [2.45, 2.75) is 20.5 Å². The van der Waals surface area contributed by atoms with E-state index in [1.807, 2.05) is 50.2 Å². The van der Waals surface area contributed by atoms with Gasteiger partial charge in [-0.1, -0.05) is 35.9 Å². The summed E-state index contributed by atoms with van der Waals surface area (Å²) in [7, 11) is 1.60. The van der Waals surface area contributed by atoms with Gasteiger partial charge in [0.15, 0.2) is 17.2 Å². The van der Waals surface area contributed by atoms with Gasteiger partial charge in [-0.2, -0.15) is 0 Å². The van der Waals surface area contributed by atoms with Gasteiger partial charge in [-0.05, 0) is 67.4 Å². The highest BCUT2D eigenvalue weighted by Crippen LogP contribution is 2.31. The molecular weight excluding hydrogens is 418 g/mol. The number of carbonyl (C=O) groups excluding carboxylic acids is 1. The first-order valence-electron chi connectivity index (χ1n) is 10.7. The molecule has 1 heterocycles. The molecule has 0 fully saturated rings. The molecule has 0 aliphatic carbocycles. The van der Waals surface area contributed by atoms with Crippen molar-refractivity contribution < 1.29 is 23.7 Å². The lowest BCUT2D eigenvalue weighted by Gasteiger charge is -2.13. The third kappa shape index (κ3) is 5.41. The highest BCUT2D eigenvalue weighted by Gasteiger charge is 2.24. The van der Waals surface area contributed by atoms with Crippen LogP contribution in [0.15, 0.2) is 77.4 Å². The van der Waals surface area contributed by atoms with Crippen molar-refractivity contribution in [2.75, 3.05) is 13.7 Å². The molecule has 0 amide bonds. The van der Waals surface area contributed by atoms with Crippen molar-refractivity contribution in [2.24, 2.45) is 4.99 Å². The average Bonchev–Trinajstić information content (AvgIpc) is 3.19. The zero-order valence-electron chi connectivity index (χ0n) is 18.8. The number of aliphatic imine (C=N–C) groups is 1. The maximum Gasteiger partial charge on any atom is 0.363 e. The summed E-state index contributed by atoms with van der Waals surface area (Å²) in [6.07, 6.45) is 1.67. The molecule has 0 radical (unpaired) electrons. The third-order valence-electron chi connectivity index (χ3n) is 5.01. The number of ether oxygens (including phenoxy) is 4. The first kappa shape index (κ1) is 22.1. The fourth-order valence-corrected chi connectivity index (χ4v) is 3.39. The van der Waals surface area contributed by atoms with Crippen LogP contribution in [0.4, 0.5) is 0 Å². The topological polar surface area (TPSA) is 66.3 Å². The maximum atomic E-state index is 12.4. The Bertz CT molecular complexity index is 1210. The molecule has 4 rings (SSSR count). The summed E-state index contributed by atoms with van der Waals surface area (Å²) in [5, 5.41) is 0. The predicted molar refractivity (Wildman–Crippen MR) is 127 cm³/mol. The first-order valence-corrected chi connectivity index (χ1v) is 10.7. The average molecular weight is 443 g/mol. The molecule has 6 heteroatoms. The number of hydrogen-bond donors (Lipinski definition) is 0. The standard InChI is InChI=1S/C27H25NO5/c1-4-31-25-16-19(8-13-24(25)32-17-20-7-5-6-18(2)14-20)15-23-27(29)33-26(28-23)21-9-11-22(30-3)12-10-21/h5-16H,4,17H2,1-3H3/b23-15-. The van der Waals surface area contributed by atoms with Crippen LogP contribution in [0, 0.1) is 6.92 Å². The molecule has 33 heavy (non-hydrogen) atoms. The predicted octanol–water partition coefficient (Wildman–Crippen LogP) is 5.33. The van der Waals surface area contributed by atoms with Crippen molar-refractivity contribution >= 4 is 17.9 Å². The molecule has 1 aliphatic heterocycles. The quantitative estimate of drug-likeness (QED) is 0.348. The van der Waals surface area contributed by atoms with Crippen LogP contribution >= 0.6 is 0 Å². The molecule has 0 N–H and O–H groups in total. The van der Waals surface area contributed by atoms with Gasteiger partial charge in [0.2, 0.25) is 5.90 Å². The molecule has 0 spiro atoms. The summed E-state index contributed by atoms with van der Waals surface area (Å²) in [6, 6.07) is 20.9. The Hall–Kier alpha value is -4.06. The number of benzene rings is 3. The van der Waals surface area contributed by atoms with Crippen LogP contribution in [-0.2, 0) is 16.1 Å². The molecule has 3 aromatic carbocycles. The summed E-state index contributed by atoms with van der Waals surface area (Å²) in [5.41, 5.74) is 3.94. The molecule has 0 atom stereocenters. The lowest BCUT2D eigenvalue weighted by molar-refractivity contribution is -0.129. The van der Waals surface area contributed by atoms with E-state index in [4.69, 9.17) is 18.9 Å². The molecule has 0 saturated carbocycles. The molecule has 6 nitrogen and oxygen atoms in total. The number of hydrogen-bond acceptors (Lipinski definition) is 6. The SMILES string of the molecule is CCOc1cc(/C=C2\N=C(c3ccc(OC)cc3)OC2=O)ccc1OCc1cccc(C)c1. The number of aryl methyl sites for hydroxylation is 1. The van der Waals surface area contributed by atoms with E-state index in [0.29, 0.717) is 36.0 Å². The Morgan fingerprint density at radius 3 is 2.52 bits per heavy atom. The zero-order chi connectivity index (χ0) is 23.2. The van der Waals surface area contributed by atoms with E-state index >= 15 is 0 Å². The van der Waals surface area contributed by atoms with Crippen LogP contribution in [0.1, 0.15) is 29.2 Å². The highest BCUT2D eigenvalue weighted by molar-refractivity contribution is 6.12. The van der Waals surface area contributed by atoms with Gasteiger partial charge < -0.3 is 18.9 Å². The minimum Gasteiger partial charge on any atom is -0.497 e. The minimum atomic E-state index is -0.501. The number of nitrogens with zero attached hydrogens (tertiary/aromatic N) is 1. The van der Waals surface area contributed by atoms with Crippen LogP contribution in [-0.4, -0.2) is 25.6 Å². The van der Waals surface area contributed by atoms with Crippen molar-refractivity contribution in [3.05, 3.63) is 94.7 Å². The Labute approximate surface area is 193 Å². The van der Waals surface area contributed by atoms with Crippen molar-refractivity contribution in [1.29, 1.82) is 0 Å². The van der Waals surface area contributed by atoms with Gasteiger partial charge in [0.25, 0.3) is 0 Å². The van der Waals surface area contributed by atoms with Crippen LogP contribution in [0.25, 0.3) is 6.08 Å². The summed E-state index contributed by atoms with van der Waals surface area (Å²) in [5.74, 6) is 1.71. The number of methoxy groups -OCH3 is 1. The van der Waals surface area contributed by atoms with Crippen molar-refractivity contribution in [3.8, 4) is 17.2 Å². The van der Waals surface area contributed by atoms with Crippen LogP contribution in [0.5, 0.6) is 17.2 Å². The van der Waals surface area contributed by atoms with Gasteiger partial charge in [0.05, 0.1) is 13.7 Å². The van der Waals surface area contributed by atoms with E-state index in [2.05, 4.69) is 11.1 Å². The Morgan fingerprint density at radius 2 is 1.79 bits per heavy atom. The second-order valence-electron chi connectivity index (χ2n) is 7.48. The van der Waals surface area contributed by atoms with Gasteiger partial charge in [-0.25, -0.2) is 9.79 Å². The smallest absolute Gasteiger partial charge is 0.363 e. The summed E-state index contributed by atoms with van der Waals surface area (Å²) in [6.45, 7) is 4.88. The number of cyclic esters (lactones) is 1. The van der Waals surface area contributed by atoms with Crippen molar-refractivity contribution in [1.82, 2.24) is 0 Å². The fraction of sp³-hybridized carbons (Fsp3) is 0.185. The molecule has 0 aromatic heterocycles. The van der Waals surface area contributed by atoms with Crippen LogP contribution in [0.3, 0.4) is 0 Å². The molecule has 3 aromatic rings. The molecule has 0 bridgehead atoms. The van der Waals surface area contributed by atoms with E-state index in [9.17, 15) is 4.79 Å². The number of carbonyl (C=O) groups is 1. The van der Waals surface area contributed by atoms with E-state index in [1.165, 1.54) is 5.56 Å². The molecule has 1 aliphatic rings. The van der Waals surface area contributed by atoms with E-state index in [0.717, 1.165) is 11.1 Å². The molecular formula is C27H25NO5. The molecule has 0 unspecified atom stereocenters. The number of esters is 1. The van der Waals surface area contributed by atoms with Gasteiger partial charge >= 0.3 is 5.97 Å². The van der Waals surface area contributed by atoms with Crippen LogP contribution in [0.2, 0.25) is 0 Å². The molecule has 0 saturated heterocycles. The minimum absolute atomic E-state index is 0.219. The Kier molecular flexibility index (Phi) is 6.74. The lowest BCUT2D eigenvalue weighted by Crippen LogP contribution is -2.05. The van der Waals surface area contributed by atoms with E-state index in [-0.39, 0.29) is 11.6 Å². The Morgan fingerprint density at radius 1 is 0.970 bits per heavy atom. The fourth-order valence-electron chi connectivity index (χ4n) is 3.39. The summed E-state index contributed by atoms with van der Waals surface area (Å²) >= 11 is 0. The van der Waals surface area contributed by atoms with Crippen LogP contribution < -0.4 is 14.2 Å². The van der Waals surface area contributed by atoms with Gasteiger partial charge in [-0.3, -0.25) is 0 Å². The third-order valence-corrected chi connectivity index (χ3v) is 5.01. The van der Waals surface area contributed by atoms with Gasteiger partial charge in [0.1, 0.15) is 12.4 Å². The number of rotatable bonds is 8. The Balaban J connectivity index is 1.54. The monoisotopic (exact) mass is 443 g/mol. The second kappa shape index (κ2) is 10.0. The maximum absolute atomic E-state index is 12.4.